The molecule has 2 rings (SSSR count). The van der Waals surface area contributed by atoms with Crippen molar-refractivity contribution in [2.75, 3.05) is 33.9 Å². The maximum Gasteiger partial charge on any atom is 0.190 e. The van der Waals surface area contributed by atoms with Crippen molar-refractivity contribution in [3.05, 3.63) is 53.9 Å². The van der Waals surface area contributed by atoms with E-state index in [1.165, 1.54) is 11.1 Å². The van der Waals surface area contributed by atoms with Crippen LogP contribution in [0.5, 0.6) is 11.5 Å². The first-order chi connectivity index (χ1) is 13.3. The Labute approximate surface area is 162 Å². The first kappa shape index (κ1) is 20.6. The molecule has 0 aliphatic heterocycles. The molecule has 0 atom stereocenters. The molecule has 1 aromatic heterocycles. The third-order valence-electron chi connectivity index (χ3n) is 4.12. The Bertz CT molecular complexity index is 705. The molecule has 0 aliphatic carbocycles. The predicted molar refractivity (Wildman–Crippen MR) is 110 cm³/mol. The molecule has 0 radical (unpaired) electrons. The van der Waals surface area contributed by atoms with Crippen LogP contribution in [-0.4, -0.2) is 44.8 Å². The monoisotopic (exact) mass is 370 g/mol. The zero-order valence-electron chi connectivity index (χ0n) is 16.5. The summed E-state index contributed by atoms with van der Waals surface area (Å²) in [4.78, 5) is 8.40. The van der Waals surface area contributed by atoms with E-state index in [0.29, 0.717) is 6.61 Å². The summed E-state index contributed by atoms with van der Waals surface area (Å²) in [6, 6.07) is 10.1. The molecular formula is C21H30N4O2. The second kappa shape index (κ2) is 11.8. The van der Waals surface area contributed by atoms with Gasteiger partial charge in [-0.1, -0.05) is 12.1 Å². The normalized spacial score (nSPS) is 11.1. The smallest absolute Gasteiger partial charge is 0.190 e. The van der Waals surface area contributed by atoms with Crippen LogP contribution in [0.2, 0.25) is 0 Å². The van der Waals surface area contributed by atoms with Gasteiger partial charge in [0.25, 0.3) is 0 Å². The van der Waals surface area contributed by atoms with E-state index in [9.17, 15) is 0 Å². The summed E-state index contributed by atoms with van der Waals surface area (Å²) in [5.74, 6) is 2.40. The van der Waals surface area contributed by atoms with Gasteiger partial charge in [0.1, 0.15) is 0 Å². The molecule has 2 N–H and O–H groups in total. The number of hydrogen-bond donors (Lipinski definition) is 2. The number of aliphatic imine (C=N–C) groups is 1. The van der Waals surface area contributed by atoms with Crippen molar-refractivity contribution in [1.29, 1.82) is 0 Å². The molecule has 146 valence electrons. The molecule has 1 aromatic carbocycles. The summed E-state index contributed by atoms with van der Waals surface area (Å²) >= 11 is 0. The molecular weight excluding hydrogens is 340 g/mol. The van der Waals surface area contributed by atoms with E-state index in [1.54, 1.807) is 20.4 Å². The van der Waals surface area contributed by atoms with Gasteiger partial charge in [-0.3, -0.25) is 9.98 Å². The Kier molecular flexibility index (Phi) is 8.96. The van der Waals surface area contributed by atoms with Crippen molar-refractivity contribution in [3.63, 3.8) is 0 Å². The Morgan fingerprint density at radius 3 is 2.63 bits per heavy atom. The van der Waals surface area contributed by atoms with Gasteiger partial charge in [-0.05, 0) is 55.5 Å². The van der Waals surface area contributed by atoms with Crippen LogP contribution in [0.1, 0.15) is 24.5 Å². The van der Waals surface area contributed by atoms with Gasteiger partial charge in [0.05, 0.1) is 13.7 Å². The zero-order chi connectivity index (χ0) is 19.3. The minimum atomic E-state index is 0.627. The van der Waals surface area contributed by atoms with Gasteiger partial charge in [-0.25, -0.2) is 0 Å². The minimum absolute atomic E-state index is 0.627. The van der Waals surface area contributed by atoms with Crippen LogP contribution in [0.15, 0.2) is 47.7 Å². The van der Waals surface area contributed by atoms with E-state index in [2.05, 4.69) is 38.8 Å². The molecule has 0 bridgehead atoms. The topological polar surface area (TPSA) is 67.8 Å². The quantitative estimate of drug-likeness (QED) is 0.382. The third kappa shape index (κ3) is 7.17. The van der Waals surface area contributed by atoms with Crippen LogP contribution in [0.25, 0.3) is 0 Å². The van der Waals surface area contributed by atoms with Crippen molar-refractivity contribution in [3.8, 4) is 11.5 Å². The van der Waals surface area contributed by atoms with Gasteiger partial charge < -0.3 is 20.1 Å². The number of aryl methyl sites for hydroxylation is 1. The van der Waals surface area contributed by atoms with E-state index >= 15 is 0 Å². The van der Waals surface area contributed by atoms with Crippen LogP contribution in [-0.2, 0) is 12.8 Å². The molecule has 0 saturated carbocycles. The third-order valence-corrected chi connectivity index (χ3v) is 4.12. The van der Waals surface area contributed by atoms with Crippen LogP contribution < -0.4 is 20.1 Å². The molecule has 0 amide bonds. The fraction of sp³-hybridized carbons (Fsp3) is 0.429. The lowest BCUT2D eigenvalue weighted by atomic mass is 10.1. The van der Waals surface area contributed by atoms with Crippen LogP contribution in [0, 0.1) is 0 Å². The number of ether oxygens (including phenoxy) is 2. The molecule has 0 fully saturated rings. The average Bonchev–Trinajstić information content (AvgIpc) is 2.71. The maximum absolute atomic E-state index is 5.64. The van der Waals surface area contributed by atoms with Crippen LogP contribution in [0.4, 0.5) is 0 Å². The van der Waals surface area contributed by atoms with Crippen LogP contribution in [0.3, 0.4) is 0 Å². The SMILES string of the molecule is CCOc1cc(CCCNC(=NC)NCCc2cccnc2)ccc1OC. The lowest BCUT2D eigenvalue weighted by molar-refractivity contribution is 0.310. The highest BCUT2D eigenvalue weighted by Crippen LogP contribution is 2.28. The lowest BCUT2D eigenvalue weighted by Crippen LogP contribution is -2.38. The lowest BCUT2D eigenvalue weighted by Gasteiger charge is -2.13. The molecule has 27 heavy (non-hydrogen) atoms. The second-order valence-corrected chi connectivity index (χ2v) is 6.06. The number of pyridine rings is 1. The van der Waals surface area contributed by atoms with Crippen LogP contribution >= 0.6 is 0 Å². The first-order valence-electron chi connectivity index (χ1n) is 9.40. The number of guanidine groups is 1. The molecule has 0 aliphatic rings. The number of rotatable bonds is 10. The largest absolute Gasteiger partial charge is 0.493 e. The molecule has 1 heterocycles. The Morgan fingerprint density at radius 1 is 1.07 bits per heavy atom. The summed E-state index contributed by atoms with van der Waals surface area (Å²) < 4.78 is 11.0. The van der Waals surface area contributed by atoms with Gasteiger partial charge >= 0.3 is 0 Å². The number of hydrogen-bond acceptors (Lipinski definition) is 4. The highest BCUT2D eigenvalue weighted by molar-refractivity contribution is 5.79. The molecule has 0 saturated heterocycles. The van der Waals surface area contributed by atoms with E-state index < -0.39 is 0 Å². The summed E-state index contributed by atoms with van der Waals surface area (Å²) in [6.07, 6.45) is 6.56. The number of nitrogens with one attached hydrogen (secondary N) is 2. The summed E-state index contributed by atoms with van der Waals surface area (Å²) in [7, 11) is 3.45. The van der Waals surface area contributed by atoms with Crippen molar-refractivity contribution in [1.82, 2.24) is 15.6 Å². The van der Waals surface area contributed by atoms with E-state index in [-0.39, 0.29) is 0 Å². The Hall–Kier alpha value is -2.76. The van der Waals surface area contributed by atoms with Crippen molar-refractivity contribution in [2.24, 2.45) is 4.99 Å². The van der Waals surface area contributed by atoms with Crippen molar-refractivity contribution < 1.29 is 9.47 Å². The van der Waals surface area contributed by atoms with Crippen molar-refractivity contribution >= 4 is 5.96 Å². The first-order valence-corrected chi connectivity index (χ1v) is 9.40. The summed E-state index contributed by atoms with van der Waals surface area (Å²) in [5.41, 5.74) is 2.45. The van der Waals surface area contributed by atoms with E-state index in [4.69, 9.17) is 9.47 Å². The fourth-order valence-electron chi connectivity index (χ4n) is 2.74. The van der Waals surface area contributed by atoms with E-state index in [0.717, 1.165) is 49.8 Å². The van der Waals surface area contributed by atoms with Gasteiger partial charge in [0.2, 0.25) is 0 Å². The number of aromatic nitrogens is 1. The molecule has 0 unspecified atom stereocenters. The summed E-state index contributed by atoms with van der Waals surface area (Å²) in [5, 5.41) is 6.69. The highest BCUT2D eigenvalue weighted by atomic mass is 16.5. The van der Waals surface area contributed by atoms with Gasteiger partial charge in [0, 0.05) is 32.5 Å². The van der Waals surface area contributed by atoms with Gasteiger partial charge in [-0.15, -0.1) is 0 Å². The van der Waals surface area contributed by atoms with E-state index in [1.807, 2.05) is 25.3 Å². The standard InChI is InChI=1S/C21H30N4O2/c1-4-27-20-15-17(9-10-19(20)26-3)7-6-13-24-21(22-2)25-14-11-18-8-5-12-23-16-18/h5,8-10,12,15-16H,4,6-7,11,13-14H2,1-3H3,(H2,22,24,25). The number of benzene rings is 1. The second-order valence-electron chi connectivity index (χ2n) is 6.06. The molecule has 6 nitrogen and oxygen atoms in total. The summed E-state index contributed by atoms with van der Waals surface area (Å²) in [6.45, 7) is 4.27. The van der Waals surface area contributed by atoms with Gasteiger partial charge in [0.15, 0.2) is 17.5 Å². The van der Waals surface area contributed by atoms with Gasteiger partial charge in [-0.2, -0.15) is 0 Å². The Balaban J connectivity index is 1.70. The molecule has 6 heteroatoms. The Morgan fingerprint density at radius 2 is 1.93 bits per heavy atom. The molecule has 0 spiro atoms. The average molecular weight is 370 g/mol. The maximum atomic E-state index is 5.64. The van der Waals surface area contributed by atoms with Crippen molar-refractivity contribution in [2.45, 2.75) is 26.2 Å². The zero-order valence-corrected chi connectivity index (χ0v) is 16.5. The number of methoxy groups -OCH3 is 1. The molecule has 2 aromatic rings. The predicted octanol–water partition coefficient (Wildman–Crippen LogP) is 2.83. The fourth-order valence-corrected chi connectivity index (χ4v) is 2.74. The highest BCUT2D eigenvalue weighted by Gasteiger charge is 2.05. The number of nitrogens with zero attached hydrogens (tertiary/aromatic N) is 2. The minimum Gasteiger partial charge on any atom is -0.493 e.